The molecule has 1 aromatic carbocycles. The molecule has 0 fully saturated rings. The van der Waals surface area contributed by atoms with E-state index in [1.165, 1.54) is 0 Å². The van der Waals surface area contributed by atoms with Crippen LogP contribution in [-0.2, 0) is 11.8 Å². The third-order valence-electron chi connectivity index (χ3n) is 4.18. The Kier molecular flexibility index (Phi) is 4.37. The highest BCUT2D eigenvalue weighted by atomic mass is 16.1. The molecule has 0 saturated carbocycles. The second-order valence-corrected chi connectivity index (χ2v) is 5.73. The summed E-state index contributed by atoms with van der Waals surface area (Å²) in [5.74, 6) is 1.03. The van der Waals surface area contributed by atoms with Gasteiger partial charge < -0.3 is 9.88 Å². The van der Waals surface area contributed by atoms with Gasteiger partial charge >= 0.3 is 0 Å². The molecule has 1 N–H and O–H groups in total. The highest BCUT2D eigenvalue weighted by Crippen LogP contribution is 2.23. The van der Waals surface area contributed by atoms with E-state index < -0.39 is 0 Å². The van der Waals surface area contributed by atoms with Crippen LogP contribution in [0.4, 0.5) is 0 Å². The molecule has 0 bridgehead atoms. The lowest BCUT2D eigenvalue weighted by Crippen LogP contribution is -2.36. The molecule has 1 amide bonds. The molecule has 1 aliphatic rings. The van der Waals surface area contributed by atoms with Crippen molar-refractivity contribution in [2.45, 2.75) is 25.3 Å². The van der Waals surface area contributed by atoms with Crippen LogP contribution >= 0.6 is 0 Å². The number of amides is 1. The normalized spacial score (nSPS) is 18.9. The molecule has 114 valence electrons. The van der Waals surface area contributed by atoms with Crippen molar-refractivity contribution in [3.05, 3.63) is 66.3 Å². The standard InChI is InChI=1S/C18H21N3O/c1-21-13-12-19-17(21)16(14-8-4-2-5-9-14)20-18(22)15-10-6-3-7-11-15/h2-6,8-9,12-13,15-16H,7,10-11H2,1H3,(H,20,22)/t15-,16-/m0/s1. The maximum atomic E-state index is 12.6. The minimum atomic E-state index is -0.209. The number of nitrogens with zero attached hydrogens (tertiary/aromatic N) is 2. The lowest BCUT2D eigenvalue weighted by molar-refractivity contribution is -0.125. The number of carbonyl (C=O) groups excluding carboxylic acids is 1. The maximum absolute atomic E-state index is 12.6. The van der Waals surface area contributed by atoms with Gasteiger partial charge in [-0.25, -0.2) is 4.98 Å². The van der Waals surface area contributed by atoms with Gasteiger partial charge in [0.05, 0.1) is 0 Å². The van der Waals surface area contributed by atoms with Crippen LogP contribution in [0.1, 0.15) is 36.7 Å². The Morgan fingerprint density at radius 3 is 2.77 bits per heavy atom. The molecular formula is C18H21N3O. The highest BCUT2D eigenvalue weighted by molar-refractivity contribution is 5.79. The molecule has 3 rings (SSSR count). The predicted octanol–water partition coefficient (Wildman–Crippen LogP) is 2.98. The zero-order valence-corrected chi connectivity index (χ0v) is 12.8. The van der Waals surface area contributed by atoms with Crippen molar-refractivity contribution in [3.63, 3.8) is 0 Å². The number of benzene rings is 1. The Morgan fingerprint density at radius 2 is 2.14 bits per heavy atom. The van der Waals surface area contributed by atoms with Crippen LogP contribution in [0.3, 0.4) is 0 Å². The first kappa shape index (κ1) is 14.6. The molecule has 1 aromatic heterocycles. The van der Waals surface area contributed by atoms with Crippen molar-refractivity contribution in [3.8, 4) is 0 Å². The van der Waals surface area contributed by atoms with Gasteiger partial charge in [-0.1, -0.05) is 42.5 Å². The van der Waals surface area contributed by atoms with Crippen LogP contribution in [0.25, 0.3) is 0 Å². The number of rotatable bonds is 4. The Labute approximate surface area is 130 Å². The molecule has 2 atom stereocenters. The number of aromatic nitrogens is 2. The highest BCUT2D eigenvalue weighted by Gasteiger charge is 2.25. The minimum Gasteiger partial charge on any atom is -0.342 e. The van der Waals surface area contributed by atoms with E-state index >= 15 is 0 Å². The summed E-state index contributed by atoms with van der Waals surface area (Å²) >= 11 is 0. The van der Waals surface area contributed by atoms with Crippen LogP contribution in [-0.4, -0.2) is 15.5 Å². The van der Waals surface area contributed by atoms with Crippen molar-refractivity contribution in [1.82, 2.24) is 14.9 Å². The van der Waals surface area contributed by atoms with Gasteiger partial charge in [0.1, 0.15) is 11.9 Å². The molecule has 4 heteroatoms. The van der Waals surface area contributed by atoms with E-state index in [1.807, 2.05) is 48.1 Å². The number of carbonyl (C=O) groups is 1. The first-order chi connectivity index (χ1) is 10.8. The van der Waals surface area contributed by atoms with E-state index in [0.29, 0.717) is 0 Å². The second-order valence-electron chi connectivity index (χ2n) is 5.73. The summed E-state index contributed by atoms with van der Waals surface area (Å²) in [6.45, 7) is 0. The number of hydrogen-bond acceptors (Lipinski definition) is 2. The van der Waals surface area contributed by atoms with Gasteiger partial charge in [-0.05, 0) is 24.8 Å². The topological polar surface area (TPSA) is 46.9 Å². The Hall–Kier alpha value is -2.36. The molecule has 0 radical (unpaired) electrons. The average Bonchev–Trinajstić information content (AvgIpc) is 3.00. The fraction of sp³-hybridized carbons (Fsp3) is 0.333. The lowest BCUT2D eigenvalue weighted by atomic mass is 9.93. The second kappa shape index (κ2) is 6.60. The molecule has 1 aliphatic carbocycles. The molecule has 0 unspecified atom stereocenters. The fourth-order valence-corrected chi connectivity index (χ4v) is 2.89. The van der Waals surface area contributed by atoms with Gasteiger partial charge in [-0.3, -0.25) is 4.79 Å². The average molecular weight is 295 g/mol. The Morgan fingerprint density at radius 1 is 1.32 bits per heavy atom. The molecule has 4 nitrogen and oxygen atoms in total. The van der Waals surface area contributed by atoms with Gasteiger partial charge in [0.2, 0.25) is 5.91 Å². The fourth-order valence-electron chi connectivity index (χ4n) is 2.89. The van der Waals surface area contributed by atoms with E-state index in [-0.39, 0.29) is 17.9 Å². The summed E-state index contributed by atoms with van der Waals surface area (Å²) in [4.78, 5) is 17.0. The van der Waals surface area contributed by atoms with Crippen molar-refractivity contribution < 1.29 is 4.79 Å². The van der Waals surface area contributed by atoms with Crippen LogP contribution in [0, 0.1) is 5.92 Å². The molecule has 2 aromatic rings. The SMILES string of the molecule is Cn1ccnc1[C@@H](NC(=O)[C@H]1CC=CCC1)c1ccccc1. The number of allylic oxidation sites excluding steroid dienone is 2. The third-order valence-corrected chi connectivity index (χ3v) is 4.18. The number of nitrogens with one attached hydrogen (secondary N) is 1. The largest absolute Gasteiger partial charge is 0.342 e. The first-order valence-corrected chi connectivity index (χ1v) is 7.73. The van der Waals surface area contributed by atoms with Crippen molar-refractivity contribution >= 4 is 5.91 Å². The van der Waals surface area contributed by atoms with Gasteiger partial charge in [-0.2, -0.15) is 0 Å². The first-order valence-electron chi connectivity index (χ1n) is 7.73. The van der Waals surface area contributed by atoms with Crippen molar-refractivity contribution in [2.75, 3.05) is 0 Å². The van der Waals surface area contributed by atoms with Crippen molar-refractivity contribution in [2.24, 2.45) is 13.0 Å². The van der Waals surface area contributed by atoms with E-state index in [9.17, 15) is 4.79 Å². The summed E-state index contributed by atoms with van der Waals surface area (Å²) < 4.78 is 1.96. The number of imidazole rings is 1. The van der Waals surface area contributed by atoms with Gasteiger partial charge in [0.15, 0.2) is 0 Å². The molecular weight excluding hydrogens is 274 g/mol. The zero-order valence-electron chi connectivity index (χ0n) is 12.8. The van der Waals surface area contributed by atoms with E-state index in [0.717, 1.165) is 30.7 Å². The summed E-state index contributed by atoms with van der Waals surface area (Å²) in [6, 6.07) is 9.80. The third kappa shape index (κ3) is 3.11. The molecule has 0 spiro atoms. The number of hydrogen-bond donors (Lipinski definition) is 1. The van der Waals surface area contributed by atoms with E-state index in [2.05, 4.69) is 22.5 Å². The smallest absolute Gasteiger partial charge is 0.224 e. The Balaban J connectivity index is 1.85. The van der Waals surface area contributed by atoms with Crippen LogP contribution in [0.2, 0.25) is 0 Å². The summed E-state index contributed by atoms with van der Waals surface area (Å²) in [7, 11) is 1.95. The van der Waals surface area contributed by atoms with Gasteiger partial charge in [0, 0.05) is 25.4 Å². The summed E-state index contributed by atoms with van der Waals surface area (Å²) in [5.41, 5.74) is 1.05. The monoisotopic (exact) mass is 295 g/mol. The quantitative estimate of drug-likeness (QED) is 0.881. The van der Waals surface area contributed by atoms with Gasteiger partial charge in [0.25, 0.3) is 0 Å². The van der Waals surface area contributed by atoms with Crippen molar-refractivity contribution in [1.29, 1.82) is 0 Å². The molecule has 0 aliphatic heterocycles. The molecule has 1 heterocycles. The van der Waals surface area contributed by atoms with Crippen LogP contribution < -0.4 is 5.32 Å². The summed E-state index contributed by atoms with van der Waals surface area (Å²) in [6.07, 6.45) is 10.7. The van der Waals surface area contributed by atoms with E-state index in [1.54, 1.807) is 6.20 Å². The predicted molar refractivity (Wildman–Crippen MR) is 86.1 cm³/mol. The Bertz CT molecular complexity index is 660. The molecule has 22 heavy (non-hydrogen) atoms. The lowest BCUT2D eigenvalue weighted by Gasteiger charge is -2.23. The number of aryl methyl sites for hydroxylation is 1. The minimum absolute atomic E-state index is 0.0662. The van der Waals surface area contributed by atoms with Crippen LogP contribution in [0.5, 0.6) is 0 Å². The maximum Gasteiger partial charge on any atom is 0.224 e. The zero-order chi connectivity index (χ0) is 15.4. The van der Waals surface area contributed by atoms with Crippen LogP contribution in [0.15, 0.2) is 54.9 Å². The summed E-state index contributed by atoms with van der Waals surface area (Å²) in [5, 5.41) is 3.19. The molecule has 0 saturated heterocycles. The van der Waals surface area contributed by atoms with Gasteiger partial charge in [-0.15, -0.1) is 0 Å². The van der Waals surface area contributed by atoms with E-state index in [4.69, 9.17) is 0 Å².